The minimum Gasteiger partial charge on any atom is -0.455 e. The highest BCUT2D eigenvalue weighted by Crippen LogP contribution is 2.34. The second-order valence-corrected chi connectivity index (χ2v) is 8.61. The number of hydrogen-bond acceptors (Lipinski definition) is 11. The van der Waals surface area contributed by atoms with Crippen molar-refractivity contribution in [3.05, 3.63) is 76.0 Å². The molecule has 0 aliphatic carbocycles. The Balaban J connectivity index is 1.23. The first-order valence-electron chi connectivity index (χ1n) is 10.7. The predicted octanol–water partition coefficient (Wildman–Crippen LogP) is 4.43. The van der Waals surface area contributed by atoms with Crippen molar-refractivity contribution in [2.45, 2.75) is 12.8 Å². The Bertz CT molecular complexity index is 1500. The minimum absolute atomic E-state index is 0.0515. The van der Waals surface area contributed by atoms with Crippen LogP contribution in [0.1, 0.15) is 30.9 Å². The zero-order chi connectivity index (χ0) is 26.7. The fraction of sp³-hybridized carbons (Fsp3) is 0.130. The van der Waals surface area contributed by atoms with Crippen LogP contribution in [0, 0.1) is 0 Å². The molecule has 0 saturated carbocycles. The lowest BCUT2D eigenvalue weighted by Crippen LogP contribution is -2.19. The Hall–Kier alpha value is -4.79. The van der Waals surface area contributed by atoms with Crippen molar-refractivity contribution in [3.8, 4) is 11.5 Å². The van der Waals surface area contributed by atoms with Gasteiger partial charge < -0.3 is 24.8 Å². The lowest BCUT2D eigenvalue weighted by molar-refractivity contribution is -0.141. The van der Waals surface area contributed by atoms with Crippen LogP contribution in [-0.2, 0) is 17.5 Å². The molecule has 11 nitrogen and oxygen atoms in total. The zero-order valence-corrected chi connectivity index (χ0v) is 19.8. The van der Waals surface area contributed by atoms with Gasteiger partial charge in [0.25, 0.3) is 5.91 Å². The number of amides is 1. The average molecular weight is 544 g/mol. The number of esters is 1. The van der Waals surface area contributed by atoms with Crippen molar-refractivity contribution in [1.82, 2.24) is 20.2 Å². The van der Waals surface area contributed by atoms with Crippen molar-refractivity contribution in [1.29, 1.82) is 0 Å². The summed E-state index contributed by atoms with van der Waals surface area (Å²) in [6, 6.07) is 13.1. The lowest BCUT2D eigenvalue weighted by atomic mass is 10.2. The number of para-hydroxylation sites is 1. The van der Waals surface area contributed by atoms with E-state index in [9.17, 15) is 22.8 Å². The summed E-state index contributed by atoms with van der Waals surface area (Å²) in [6.07, 6.45) is -4.22. The number of carbonyl (C=O) groups excluding carboxylic acids is 2. The standard InChI is InChI=1S/C23H15F3N6O5S/c24-23(25,26)18-14(9-27-22(30-18)29-12-4-2-1-3-5-12)21(34)35-10-17-31-32-20(38-17)19(33)28-13-6-7-15-16(8-13)37-11-36-15/h1-9H,10-11H2,(H,28,33)(H,27,29,30). The molecule has 0 bridgehead atoms. The predicted molar refractivity (Wildman–Crippen MR) is 126 cm³/mol. The van der Waals surface area contributed by atoms with Gasteiger partial charge in [-0.05, 0) is 24.3 Å². The van der Waals surface area contributed by atoms with Crippen molar-refractivity contribution >= 4 is 40.5 Å². The quantitative estimate of drug-likeness (QED) is 0.322. The molecule has 2 N–H and O–H groups in total. The van der Waals surface area contributed by atoms with E-state index in [1.54, 1.807) is 48.5 Å². The monoisotopic (exact) mass is 544 g/mol. The number of alkyl halides is 3. The van der Waals surface area contributed by atoms with Crippen LogP contribution < -0.4 is 20.1 Å². The first-order valence-corrected chi connectivity index (χ1v) is 11.5. The van der Waals surface area contributed by atoms with Crippen LogP contribution in [0.4, 0.5) is 30.5 Å². The summed E-state index contributed by atoms with van der Waals surface area (Å²) in [4.78, 5) is 32.2. The molecule has 0 saturated heterocycles. The van der Waals surface area contributed by atoms with Crippen LogP contribution in [0.2, 0.25) is 0 Å². The number of benzene rings is 2. The van der Waals surface area contributed by atoms with E-state index in [1.807, 2.05) is 0 Å². The second kappa shape index (κ2) is 10.3. The van der Waals surface area contributed by atoms with Gasteiger partial charge in [-0.25, -0.2) is 14.8 Å². The number of ether oxygens (including phenoxy) is 3. The molecule has 1 aliphatic heterocycles. The topological polar surface area (TPSA) is 137 Å². The van der Waals surface area contributed by atoms with Crippen LogP contribution >= 0.6 is 11.3 Å². The molecule has 2 aromatic carbocycles. The Morgan fingerprint density at radius 3 is 2.61 bits per heavy atom. The highest BCUT2D eigenvalue weighted by atomic mass is 32.1. The number of fused-ring (bicyclic) bond motifs is 1. The summed E-state index contributed by atoms with van der Waals surface area (Å²) in [6.45, 7) is -0.439. The fourth-order valence-corrected chi connectivity index (χ4v) is 3.87. The number of aromatic nitrogens is 4. The highest BCUT2D eigenvalue weighted by Gasteiger charge is 2.38. The van der Waals surface area contributed by atoms with E-state index in [2.05, 4.69) is 30.8 Å². The molecule has 0 spiro atoms. The molecular weight excluding hydrogens is 529 g/mol. The molecule has 38 heavy (non-hydrogen) atoms. The first-order chi connectivity index (χ1) is 18.3. The number of nitrogens with one attached hydrogen (secondary N) is 2. The summed E-state index contributed by atoms with van der Waals surface area (Å²) in [7, 11) is 0. The molecule has 4 aromatic rings. The third-order valence-corrected chi connectivity index (χ3v) is 5.82. The molecule has 5 rings (SSSR count). The van der Waals surface area contributed by atoms with Gasteiger partial charge in [0.1, 0.15) is 12.2 Å². The van der Waals surface area contributed by atoms with E-state index >= 15 is 0 Å². The molecule has 0 atom stereocenters. The third-order valence-electron chi connectivity index (χ3n) is 4.93. The van der Waals surface area contributed by atoms with Crippen molar-refractivity contribution < 1.29 is 37.0 Å². The molecule has 0 unspecified atom stereocenters. The normalized spacial score (nSPS) is 12.2. The van der Waals surface area contributed by atoms with Gasteiger partial charge in [-0.2, -0.15) is 13.2 Å². The SMILES string of the molecule is O=C(Nc1ccc2c(c1)OCO2)c1nnc(COC(=O)c2cnc(Nc3ccccc3)nc2C(F)(F)F)s1. The van der Waals surface area contributed by atoms with E-state index in [4.69, 9.17) is 14.2 Å². The summed E-state index contributed by atoms with van der Waals surface area (Å²) in [5, 5.41) is 12.8. The Morgan fingerprint density at radius 2 is 1.82 bits per heavy atom. The highest BCUT2D eigenvalue weighted by molar-refractivity contribution is 7.13. The molecule has 0 fully saturated rings. The number of nitrogens with zero attached hydrogens (tertiary/aromatic N) is 4. The van der Waals surface area contributed by atoms with Gasteiger partial charge in [-0.1, -0.05) is 29.5 Å². The Labute approximate surface area is 215 Å². The van der Waals surface area contributed by atoms with Crippen molar-refractivity contribution in [3.63, 3.8) is 0 Å². The summed E-state index contributed by atoms with van der Waals surface area (Å²) in [5.41, 5.74) is -1.45. The summed E-state index contributed by atoms with van der Waals surface area (Å²) < 4.78 is 56.3. The van der Waals surface area contributed by atoms with Gasteiger partial charge in [0.2, 0.25) is 17.7 Å². The smallest absolute Gasteiger partial charge is 0.434 e. The molecule has 194 valence electrons. The largest absolute Gasteiger partial charge is 0.455 e. The third kappa shape index (κ3) is 5.62. The molecule has 1 amide bonds. The van der Waals surface area contributed by atoms with Crippen LogP contribution in [0.5, 0.6) is 11.5 Å². The first kappa shape index (κ1) is 24.9. The number of rotatable bonds is 7. The van der Waals surface area contributed by atoms with E-state index in [1.165, 1.54) is 0 Å². The summed E-state index contributed by atoms with van der Waals surface area (Å²) in [5.74, 6) is -1.23. The van der Waals surface area contributed by atoms with Crippen LogP contribution in [-0.4, -0.2) is 38.8 Å². The van der Waals surface area contributed by atoms with Crippen molar-refractivity contribution in [2.24, 2.45) is 0 Å². The van der Waals surface area contributed by atoms with Crippen LogP contribution in [0.25, 0.3) is 0 Å². The number of carbonyl (C=O) groups is 2. The van der Waals surface area contributed by atoms with Gasteiger partial charge >= 0.3 is 12.1 Å². The van der Waals surface area contributed by atoms with Crippen LogP contribution in [0.3, 0.4) is 0 Å². The van der Waals surface area contributed by atoms with Gasteiger partial charge in [0.05, 0.1) is 0 Å². The average Bonchev–Trinajstić information content (AvgIpc) is 3.57. The maximum absolute atomic E-state index is 13.6. The second-order valence-electron chi connectivity index (χ2n) is 7.54. The molecular formula is C23H15F3N6O5S. The molecule has 1 aliphatic rings. The van der Waals surface area contributed by atoms with E-state index in [0.29, 0.717) is 22.9 Å². The minimum atomic E-state index is -4.95. The summed E-state index contributed by atoms with van der Waals surface area (Å²) >= 11 is 0.805. The lowest BCUT2D eigenvalue weighted by Gasteiger charge is -2.13. The molecule has 3 heterocycles. The Kier molecular flexibility index (Phi) is 6.74. The van der Waals surface area contributed by atoms with E-state index in [-0.39, 0.29) is 22.8 Å². The molecule has 2 aromatic heterocycles. The van der Waals surface area contributed by atoms with Gasteiger partial charge in [0.15, 0.2) is 22.2 Å². The van der Waals surface area contributed by atoms with Crippen molar-refractivity contribution in [2.75, 3.05) is 17.4 Å². The zero-order valence-electron chi connectivity index (χ0n) is 19.0. The molecule has 0 radical (unpaired) electrons. The van der Waals surface area contributed by atoms with Gasteiger partial charge in [-0.3, -0.25) is 4.79 Å². The molecule has 15 heteroatoms. The van der Waals surface area contributed by atoms with Gasteiger partial charge in [0, 0.05) is 23.6 Å². The maximum atomic E-state index is 13.6. The number of anilines is 3. The Morgan fingerprint density at radius 1 is 1.03 bits per heavy atom. The number of halogens is 3. The maximum Gasteiger partial charge on any atom is 0.434 e. The van der Waals surface area contributed by atoms with E-state index < -0.39 is 35.9 Å². The number of hydrogen-bond donors (Lipinski definition) is 2. The van der Waals surface area contributed by atoms with Crippen LogP contribution in [0.15, 0.2) is 54.7 Å². The fourth-order valence-electron chi connectivity index (χ4n) is 3.23. The van der Waals surface area contributed by atoms with E-state index in [0.717, 1.165) is 17.5 Å². The van der Waals surface area contributed by atoms with Gasteiger partial charge in [-0.15, -0.1) is 10.2 Å².